The lowest BCUT2D eigenvalue weighted by Gasteiger charge is -2.22. The Morgan fingerprint density at radius 1 is 1.04 bits per heavy atom. The van der Waals surface area contributed by atoms with E-state index in [4.69, 9.17) is 9.47 Å². The molecule has 1 aliphatic rings. The number of fused-ring (bicyclic) bond motifs is 1. The van der Waals surface area contributed by atoms with Gasteiger partial charge in [0.1, 0.15) is 13.2 Å². The zero-order valence-electron chi connectivity index (χ0n) is 13.8. The summed E-state index contributed by atoms with van der Waals surface area (Å²) in [7, 11) is -2.77. The SMILES string of the molecule is CN(Cc1ccccc1C(F)(F)F)S(=O)(=O)c1ccc2c(c1)OCCO2. The molecule has 1 aliphatic heterocycles. The number of alkyl halides is 3. The second-order valence-corrected chi connectivity index (χ2v) is 7.77. The molecular weight excluding hydrogens is 371 g/mol. The number of halogens is 3. The molecule has 0 saturated heterocycles. The van der Waals surface area contributed by atoms with Gasteiger partial charge in [0.15, 0.2) is 11.5 Å². The molecular formula is C17H16F3NO4S. The summed E-state index contributed by atoms with van der Waals surface area (Å²) in [4.78, 5) is -0.0752. The standard InChI is InChI=1S/C17H16F3NO4S/c1-21(11-12-4-2-3-5-14(12)17(18,19)20)26(22,23)13-6-7-15-16(10-13)25-9-8-24-15/h2-7,10H,8-9,11H2,1H3. The van der Waals surface area contributed by atoms with Gasteiger partial charge in [-0.15, -0.1) is 0 Å². The van der Waals surface area contributed by atoms with Crippen LogP contribution in [0.15, 0.2) is 47.4 Å². The molecule has 0 saturated carbocycles. The lowest BCUT2D eigenvalue weighted by atomic mass is 10.1. The van der Waals surface area contributed by atoms with Crippen LogP contribution in [0.3, 0.4) is 0 Å². The van der Waals surface area contributed by atoms with Gasteiger partial charge in [0.2, 0.25) is 10.0 Å². The largest absolute Gasteiger partial charge is 0.486 e. The first-order chi connectivity index (χ1) is 12.2. The van der Waals surface area contributed by atoms with Gasteiger partial charge in [-0.2, -0.15) is 17.5 Å². The van der Waals surface area contributed by atoms with Gasteiger partial charge in [-0.3, -0.25) is 0 Å². The number of nitrogens with zero attached hydrogens (tertiary/aromatic N) is 1. The molecule has 0 atom stereocenters. The van der Waals surface area contributed by atoms with Gasteiger partial charge in [0.05, 0.1) is 10.5 Å². The fourth-order valence-corrected chi connectivity index (χ4v) is 3.79. The van der Waals surface area contributed by atoms with E-state index in [1.54, 1.807) is 0 Å². The Balaban J connectivity index is 1.89. The second kappa shape index (κ2) is 6.81. The molecule has 3 rings (SSSR count). The van der Waals surface area contributed by atoms with Crippen molar-refractivity contribution in [2.45, 2.75) is 17.6 Å². The van der Waals surface area contributed by atoms with Gasteiger partial charge in [0, 0.05) is 19.7 Å². The van der Waals surface area contributed by atoms with Crippen molar-refractivity contribution < 1.29 is 31.1 Å². The van der Waals surface area contributed by atoms with Crippen molar-refractivity contribution >= 4 is 10.0 Å². The summed E-state index contributed by atoms with van der Waals surface area (Å²) < 4.78 is 76.4. The molecule has 0 fully saturated rings. The van der Waals surface area contributed by atoms with Crippen molar-refractivity contribution in [2.75, 3.05) is 20.3 Å². The van der Waals surface area contributed by atoms with Crippen LogP contribution < -0.4 is 9.47 Å². The number of rotatable bonds is 4. The number of sulfonamides is 1. The van der Waals surface area contributed by atoms with Gasteiger partial charge in [0.25, 0.3) is 0 Å². The second-order valence-electron chi connectivity index (χ2n) is 5.72. The van der Waals surface area contributed by atoms with Crippen molar-refractivity contribution in [1.29, 1.82) is 0 Å². The van der Waals surface area contributed by atoms with Crippen molar-refractivity contribution in [3.05, 3.63) is 53.6 Å². The number of hydrogen-bond acceptors (Lipinski definition) is 4. The minimum Gasteiger partial charge on any atom is -0.486 e. The first kappa shape index (κ1) is 18.5. The summed E-state index contributed by atoms with van der Waals surface area (Å²) in [6.07, 6.45) is -4.56. The average molecular weight is 387 g/mol. The Labute approximate surface area is 149 Å². The highest BCUT2D eigenvalue weighted by Crippen LogP contribution is 2.35. The molecule has 9 heteroatoms. The molecule has 5 nitrogen and oxygen atoms in total. The maximum atomic E-state index is 13.1. The topological polar surface area (TPSA) is 55.8 Å². The van der Waals surface area contributed by atoms with E-state index in [1.165, 1.54) is 43.4 Å². The Morgan fingerprint density at radius 3 is 2.38 bits per heavy atom. The third-order valence-electron chi connectivity index (χ3n) is 3.94. The van der Waals surface area contributed by atoms with Crippen LogP contribution in [0.25, 0.3) is 0 Å². The number of benzene rings is 2. The molecule has 2 aromatic carbocycles. The van der Waals surface area contributed by atoms with Crippen LogP contribution in [0.5, 0.6) is 11.5 Å². The highest BCUT2D eigenvalue weighted by atomic mass is 32.2. The zero-order valence-corrected chi connectivity index (χ0v) is 14.6. The highest BCUT2D eigenvalue weighted by molar-refractivity contribution is 7.89. The van der Waals surface area contributed by atoms with Crippen molar-refractivity contribution in [1.82, 2.24) is 4.31 Å². The van der Waals surface area contributed by atoms with E-state index >= 15 is 0 Å². The molecule has 0 spiro atoms. The van der Waals surface area contributed by atoms with Crippen LogP contribution in [-0.2, 0) is 22.7 Å². The minimum atomic E-state index is -4.56. The van der Waals surface area contributed by atoms with Gasteiger partial charge in [-0.1, -0.05) is 18.2 Å². The van der Waals surface area contributed by atoms with E-state index in [0.717, 1.165) is 10.4 Å². The van der Waals surface area contributed by atoms with E-state index in [-0.39, 0.29) is 10.5 Å². The van der Waals surface area contributed by atoms with E-state index in [1.807, 2.05) is 0 Å². The first-order valence-corrected chi connectivity index (χ1v) is 9.15. The lowest BCUT2D eigenvalue weighted by Crippen LogP contribution is -2.28. The van der Waals surface area contributed by atoms with Crippen LogP contribution >= 0.6 is 0 Å². The first-order valence-electron chi connectivity index (χ1n) is 7.70. The molecule has 2 aromatic rings. The summed E-state index contributed by atoms with van der Waals surface area (Å²) in [5.74, 6) is 0.724. The lowest BCUT2D eigenvalue weighted by molar-refractivity contribution is -0.138. The Bertz CT molecular complexity index is 912. The summed E-state index contributed by atoms with van der Waals surface area (Å²) >= 11 is 0. The minimum absolute atomic E-state index is 0.0752. The number of hydrogen-bond donors (Lipinski definition) is 0. The quantitative estimate of drug-likeness (QED) is 0.808. The summed E-state index contributed by atoms with van der Waals surface area (Å²) in [6, 6.07) is 9.03. The molecule has 0 unspecified atom stereocenters. The summed E-state index contributed by atoms with van der Waals surface area (Å²) in [5, 5.41) is 0. The third-order valence-corrected chi connectivity index (χ3v) is 5.74. The van der Waals surface area contributed by atoms with Crippen molar-refractivity contribution in [3.63, 3.8) is 0 Å². The van der Waals surface area contributed by atoms with Crippen LogP contribution in [0.4, 0.5) is 13.2 Å². The van der Waals surface area contributed by atoms with E-state index in [0.29, 0.717) is 24.7 Å². The molecule has 1 heterocycles. The van der Waals surface area contributed by atoms with Crippen LogP contribution in [0.1, 0.15) is 11.1 Å². The Morgan fingerprint density at radius 2 is 1.69 bits per heavy atom. The maximum absolute atomic E-state index is 13.1. The molecule has 0 amide bonds. The van der Waals surface area contributed by atoms with Gasteiger partial charge < -0.3 is 9.47 Å². The fourth-order valence-electron chi connectivity index (χ4n) is 2.62. The van der Waals surface area contributed by atoms with Gasteiger partial charge >= 0.3 is 6.18 Å². The predicted molar refractivity (Wildman–Crippen MR) is 87.5 cm³/mol. The van der Waals surface area contributed by atoms with Crippen LogP contribution in [0.2, 0.25) is 0 Å². The molecule has 0 aliphatic carbocycles. The van der Waals surface area contributed by atoms with Gasteiger partial charge in [-0.05, 0) is 23.8 Å². The van der Waals surface area contributed by atoms with Crippen LogP contribution in [0, 0.1) is 0 Å². The highest BCUT2D eigenvalue weighted by Gasteiger charge is 2.34. The molecule has 0 bridgehead atoms. The number of ether oxygens (including phenoxy) is 2. The fraction of sp³-hybridized carbons (Fsp3) is 0.294. The molecule has 0 N–H and O–H groups in total. The molecule has 0 aromatic heterocycles. The third kappa shape index (κ3) is 3.63. The summed E-state index contributed by atoms with van der Waals surface area (Å²) in [6.45, 7) is 0.255. The monoisotopic (exact) mass is 387 g/mol. The Kier molecular flexibility index (Phi) is 4.85. The van der Waals surface area contributed by atoms with E-state index in [2.05, 4.69) is 0 Å². The average Bonchev–Trinajstić information content (AvgIpc) is 2.60. The smallest absolute Gasteiger partial charge is 0.416 e. The van der Waals surface area contributed by atoms with Gasteiger partial charge in [-0.25, -0.2) is 8.42 Å². The maximum Gasteiger partial charge on any atom is 0.416 e. The summed E-state index contributed by atoms with van der Waals surface area (Å²) in [5.41, 5.74) is -0.979. The Hall–Kier alpha value is -2.26. The zero-order chi connectivity index (χ0) is 18.9. The normalized spacial score (nSPS) is 14.5. The molecule has 140 valence electrons. The predicted octanol–water partition coefficient (Wildman–Crippen LogP) is 3.30. The van der Waals surface area contributed by atoms with Crippen molar-refractivity contribution in [2.24, 2.45) is 0 Å². The van der Waals surface area contributed by atoms with Crippen molar-refractivity contribution in [3.8, 4) is 11.5 Å². The van der Waals surface area contributed by atoms with E-state index < -0.39 is 28.3 Å². The van der Waals surface area contributed by atoms with Crippen LogP contribution in [-0.4, -0.2) is 33.0 Å². The molecule has 26 heavy (non-hydrogen) atoms. The molecule has 0 radical (unpaired) electrons. The van der Waals surface area contributed by atoms with E-state index in [9.17, 15) is 21.6 Å².